The van der Waals surface area contributed by atoms with E-state index in [1.165, 1.54) is 5.57 Å². The van der Waals surface area contributed by atoms with E-state index in [1.54, 1.807) is 6.92 Å². The molecule has 3 fully saturated rings. The molecule has 0 saturated heterocycles. The van der Waals surface area contributed by atoms with Crippen LogP contribution in [0, 0.1) is 28.6 Å². The van der Waals surface area contributed by atoms with E-state index in [0.29, 0.717) is 32.1 Å². The van der Waals surface area contributed by atoms with E-state index >= 15 is 0 Å². The van der Waals surface area contributed by atoms with Gasteiger partial charge in [-0.25, -0.2) is 0 Å². The van der Waals surface area contributed by atoms with Crippen molar-refractivity contribution in [2.45, 2.75) is 89.3 Å². The maximum atomic E-state index is 11.9. The van der Waals surface area contributed by atoms with Crippen LogP contribution in [0.25, 0.3) is 0 Å². The molecule has 5 heteroatoms. The molecule has 0 radical (unpaired) electrons. The summed E-state index contributed by atoms with van der Waals surface area (Å²) in [6.45, 7) is 5.70. The Morgan fingerprint density at radius 1 is 1.12 bits per heavy atom. The molecule has 0 aromatic heterocycles. The summed E-state index contributed by atoms with van der Waals surface area (Å²) in [5.41, 5.74) is -1.15. The predicted molar refractivity (Wildman–Crippen MR) is 97.1 cm³/mol. The lowest BCUT2D eigenvalue weighted by Crippen LogP contribution is -2.71. The zero-order valence-corrected chi connectivity index (χ0v) is 16.1. The Labute approximate surface area is 155 Å². The second-order valence-corrected chi connectivity index (χ2v) is 9.94. The molecule has 0 spiro atoms. The molecule has 4 rings (SSSR count). The SMILES string of the molecule is C[C@H](O)[C@H]1CC[C@]2(O)[C@@H]3CC=C4C[C@@H](O)CC[C@]4(C)[C@H]3[C@H](O)[C@@H](O)[C@]12C. The first-order valence-electron chi connectivity index (χ1n) is 10.2. The second-order valence-electron chi connectivity index (χ2n) is 9.94. The van der Waals surface area contributed by atoms with Crippen LogP contribution in [-0.2, 0) is 0 Å². The molecule has 3 saturated carbocycles. The Balaban J connectivity index is 1.81. The lowest BCUT2D eigenvalue weighted by Gasteiger charge is -2.64. The minimum Gasteiger partial charge on any atom is -0.393 e. The first-order chi connectivity index (χ1) is 12.1. The van der Waals surface area contributed by atoms with Crippen LogP contribution in [0.5, 0.6) is 0 Å². The average molecular weight is 366 g/mol. The lowest BCUT2D eigenvalue weighted by molar-refractivity contribution is -0.270. The maximum Gasteiger partial charge on any atom is 0.0886 e. The van der Waals surface area contributed by atoms with Crippen molar-refractivity contribution in [1.82, 2.24) is 0 Å². The van der Waals surface area contributed by atoms with E-state index in [9.17, 15) is 25.5 Å². The Morgan fingerprint density at radius 2 is 1.81 bits per heavy atom. The molecule has 4 aliphatic rings. The minimum absolute atomic E-state index is 0.140. The Kier molecular flexibility index (Phi) is 4.19. The molecule has 0 aromatic rings. The van der Waals surface area contributed by atoms with E-state index in [4.69, 9.17) is 0 Å². The third-order valence-corrected chi connectivity index (χ3v) is 9.01. The number of fused-ring (bicyclic) bond motifs is 5. The quantitative estimate of drug-likeness (QED) is 0.451. The van der Waals surface area contributed by atoms with Gasteiger partial charge in [-0.15, -0.1) is 0 Å². The summed E-state index contributed by atoms with van der Waals surface area (Å²) in [4.78, 5) is 0. The molecule has 0 amide bonds. The molecule has 4 aliphatic carbocycles. The number of allylic oxidation sites excluding steroid dienone is 1. The molecule has 0 unspecified atom stereocenters. The van der Waals surface area contributed by atoms with Crippen molar-refractivity contribution in [3.8, 4) is 0 Å². The first-order valence-corrected chi connectivity index (χ1v) is 10.2. The summed E-state index contributed by atoms with van der Waals surface area (Å²) in [6, 6.07) is 0. The summed E-state index contributed by atoms with van der Waals surface area (Å²) >= 11 is 0. The fraction of sp³-hybridized carbons (Fsp3) is 0.905. The van der Waals surface area contributed by atoms with Gasteiger partial charge in [-0.1, -0.05) is 25.5 Å². The van der Waals surface area contributed by atoms with Gasteiger partial charge in [0, 0.05) is 11.3 Å². The maximum absolute atomic E-state index is 11.9. The van der Waals surface area contributed by atoms with Gasteiger partial charge in [0.1, 0.15) is 0 Å². The zero-order chi connectivity index (χ0) is 19.1. The van der Waals surface area contributed by atoms with Gasteiger partial charge in [-0.3, -0.25) is 0 Å². The lowest BCUT2D eigenvalue weighted by atomic mass is 9.44. The topological polar surface area (TPSA) is 101 Å². The van der Waals surface area contributed by atoms with Crippen LogP contribution in [0.1, 0.15) is 59.3 Å². The summed E-state index contributed by atoms with van der Waals surface area (Å²) in [5.74, 6) is -0.598. The Morgan fingerprint density at radius 3 is 2.46 bits per heavy atom. The second kappa shape index (κ2) is 5.77. The number of hydrogen-bond donors (Lipinski definition) is 5. The summed E-state index contributed by atoms with van der Waals surface area (Å²) in [6.07, 6.45) is 3.12. The zero-order valence-electron chi connectivity index (χ0n) is 16.1. The van der Waals surface area contributed by atoms with Crippen molar-refractivity contribution in [1.29, 1.82) is 0 Å². The van der Waals surface area contributed by atoms with Gasteiger partial charge in [0.2, 0.25) is 0 Å². The highest BCUT2D eigenvalue weighted by molar-refractivity contribution is 5.30. The summed E-state index contributed by atoms with van der Waals surface area (Å²) in [7, 11) is 0. The van der Waals surface area contributed by atoms with Crippen molar-refractivity contribution in [2.24, 2.45) is 28.6 Å². The average Bonchev–Trinajstić information content (AvgIpc) is 2.86. The molecule has 0 aliphatic heterocycles. The highest BCUT2D eigenvalue weighted by Gasteiger charge is 2.72. The Bertz CT molecular complexity index is 618. The Hall–Kier alpha value is -0.460. The van der Waals surface area contributed by atoms with Crippen LogP contribution in [0.3, 0.4) is 0 Å². The largest absolute Gasteiger partial charge is 0.393 e. The van der Waals surface area contributed by atoms with Crippen LogP contribution in [0.4, 0.5) is 0 Å². The van der Waals surface area contributed by atoms with Crippen molar-refractivity contribution in [3.63, 3.8) is 0 Å². The predicted octanol–water partition coefficient (Wildman–Crippen LogP) is 1.36. The smallest absolute Gasteiger partial charge is 0.0886 e. The van der Waals surface area contributed by atoms with Crippen molar-refractivity contribution < 1.29 is 25.5 Å². The van der Waals surface area contributed by atoms with Crippen LogP contribution in [-0.4, -0.2) is 55.5 Å². The van der Waals surface area contributed by atoms with Crippen LogP contribution in [0.15, 0.2) is 11.6 Å². The van der Waals surface area contributed by atoms with Gasteiger partial charge in [0.05, 0.1) is 30.0 Å². The molecule has 0 heterocycles. The van der Waals surface area contributed by atoms with Gasteiger partial charge in [0.25, 0.3) is 0 Å². The molecular weight excluding hydrogens is 332 g/mol. The number of hydrogen-bond acceptors (Lipinski definition) is 5. The molecule has 0 aromatic carbocycles. The van der Waals surface area contributed by atoms with Gasteiger partial charge >= 0.3 is 0 Å². The third kappa shape index (κ3) is 2.10. The molecule has 26 heavy (non-hydrogen) atoms. The normalized spacial score (nSPS) is 57.6. The van der Waals surface area contributed by atoms with E-state index in [1.807, 2.05) is 6.92 Å². The van der Waals surface area contributed by atoms with Gasteiger partial charge in [0.15, 0.2) is 0 Å². The van der Waals surface area contributed by atoms with E-state index in [2.05, 4.69) is 13.0 Å². The van der Waals surface area contributed by atoms with Crippen molar-refractivity contribution >= 4 is 0 Å². The first kappa shape index (κ1) is 18.9. The van der Waals surface area contributed by atoms with Crippen LogP contribution in [0.2, 0.25) is 0 Å². The monoisotopic (exact) mass is 366 g/mol. The third-order valence-electron chi connectivity index (χ3n) is 9.01. The van der Waals surface area contributed by atoms with Crippen molar-refractivity contribution in [2.75, 3.05) is 0 Å². The summed E-state index contributed by atoms with van der Waals surface area (Å²) in [5, 5.41) is 54.7. The van der Waals surface area contributed by atoms with Gasteiger partial charge < -0.3 is 25.5 Å². The summed E-state index contributed by atoms with van der Waals surface area (Å²) < 4.78 is 0. The standard InChI is InChI=1S/C21H34O5/c1-11(22)14-7-9-21(26)15-5-4-12-10-13(23)6-8-19(12,2)16(15)17(24)18(25)20(14,21)3/h4,11,13-18,22-26H,5-10H2,1-3H3/t11-,13-,14+,15+,16+,17-,18+,19-,20-,21-/m0/s1. The van der Waals surface area contributed by atoms with Gasteiger partial charge in [-0.2, -0.15) is 0 Å². The molecule has 0 bridgehead atoms. The van der Waals surface area contributed by atoms with Crippen molar-refractivity contribution in [3.05, 3.63) is 11.6 Å². The minimum atomic E-state index is -1.10. The highest BCUT2D eigenvalue weighted by atomic mass is 16.3. The number of aliphatic hydroxyl groups excluding tert-OH is 4. The fourth-order valence-electron chi connectivity index (χ4n) is 7.50. The highest BCUT2D eigenvalue weighted by Crippen LogP contribution is 2.68. The van der Waals surface area contributed by atoms with Gasteiger partial charge in [-0.05, 0) is 62.7 Å². The molecule has 5 N–H and O–H groups in total. The van der Waals surface area contributed by atoms with E-state index < -0.39 is 29.3 Å². The number of aliphatic hydroxyl groups is 5. The molecule has 148 valence electrons. The molecule has 10 atom stereocenters. The van der Waals surface area contributed by atoms with E-state index in [0.717, 1.165) is 6.42 Å². The van der Waals surface area contributed by atoms with E-state index in [-0.39, 0.29) is 29.3 Å². The number of rotatable bonds is 1. The molecular formula is C21H34O5. The van der Waals surface area contributed by atoms with Crippen LogP contribution >= 0.6 is 0 Å². The van der Waals surface area contributed by atoms with Crippen LogP contribution < -0.4 is 0 Å². The molecule has 5 nitrogen and oxygen atoms in total. The fourth-order valence-corrected chi connectivity index (χ4v) is 7.50.